The average Bonchev–Trinajstić information content (AvgIpc) is 2.16. The zero-order valence-corrected chi connectivity index (χ0v) is 8.32. The zero-order valence-electron chi connectivity index (χ0n) is 8.32. The van der Waals surface area contributed by atoms with Crippen molar-refractivity contribution in [2.45, 2.75) is 12.5 Å². The molecule has 76 valence electrons. The van der Waals surface area contributed by atoms with Crippen molar-refractivity contribution in [3.05, 3.63) is 24.3 Å². The summed E-state index contributed by atoms with van der Waals surface area (Å²) in [6, 6.07) is 8.24. The van der Waals surface area contributed by atoms with Crippen molar-refractivity contribution in [3.8, 4) is 11.5 Å². The summed E-state index contributed by atoms with van der Waals surface area (Å²) in [5.41, 5.74) is 0. The Hall–Kier alpha value is -1.22. The number of rotatable bonds is 4. The fraction of sp³-hybridized carbons (Fsp3) is 0.455. The van der Waals surface area contributed by atoms with E-state index in [4.69, 9.17) is 9.47 Å². The van der Waals surface area contributed by atoms with Gasteiger partial charge in [-0.15, -0.1) is 0 Å². The summed E-state index contributed by atoms with van der Waals surface area (Å²) < 4.78 is 10.8. The van der Waals surface area contributed by atoms with Crippen molar-refractivity contribution >= 4 is 0 Å². The minimum atomic E-state index is 0.514. The Morgan fingerprint density at radius 1 is 1.36 bits per heavy atom. The molecule has 0 aliphatic carbocycles. The van der Waals surface area contributed by atoms with Crippen LogP contribution < -0.4 is 14.8 Å². The predicted molar refractivity (Wildman–Crippen MR) is 54.9 cm³/mol. The predicted octanol–water partition coefficient (Wildman–Crippen LogP) is 1.44. The van der Waals surface area contributed by atoms with Crippen LogP contribution in [0.2, 0.25) is 0 Å². The van der Waals surface area contributed by atoms with Crippen LogP contribution in [0, 0.1) is 0 Å². The Balaban J connectivity index is 1.93. The SMILES string of the molecule is COc1ccccc1OCC1CCN1. The van der Waals surface area contributed by atoms with Crippen molar-refractivity contribution in [2.24, 2.45) is 0 Å². The van der Waals surface area contributed by atoms with E-state index in [0.717, 1.165) is 24.7 Å². The molecular formula is C11H15NO2. The van der Waals surface area contributed by atoms with E-state index in [1.807, 2.05) is 24.3 Å². The molecule has 1 atom stereocenters. The lowest BCUT2D eigenvalue weighted by molar-refractivity contribution is 0.210. The summed E-state index contributed by atoms with van der Waals surface area (Å²) in [5, 5.41) is 3.29. The van der Waals surface area contributed by atoms with Gasteiger partial charge >= 0.3 is 0 Å². The third-order valence-corrected chi connectivity index (χ3v) is 2.43. The van der Waals surface area contributed by atoms with Crippen LogP contribution in [-0.2, 0) is 0 Å². The van der Waals surface area contributed by atoms with Gasteiger partial charge in [-0.05, 0) is 25.1 Å². The van der Waals surface area contributed by atoms with E-state index in [2.05, 4.69) is 5.32 Å². The van der Waals surface area contributed by atoms with Crippen LogP contribution in [-0.4, -0.2) is 26.3 Å². The van der Waals surface area contributed by atoms with Gasteiger partial charge < -0.3 is 14.8 Å². The van der Waals surface area contributed by atoms with E-state index >= 15 is 0 Å². The zero-order chi connectivity index (χ0) is 9.80. The molecule has 1 saturated heterocycles. The van der Waals surface area contributed by atoms with Gasteiger partial charge in [0.2, 0.25) is 0 Å². The van der Waals surface area contributed by atoms with Crippen LogP contribution in [0.15, 0.2) is 24.3 Å². The first-order valence-corrected chi connectivity index (χ1v) is 4.89. The molecule has 1 N–H and O–H groups in total. The summed E-state index contributed by atoms with van der Waals surface area (Å²) in [6.07, 6.45) is 1.20. The van der Waals surface area contributed by atoms with Crippen molar-refractivity contribution in [1.29, 1.82) is 0 Å². The molecule has 1 fully saturated rings. The summed E-state index contributed by atoms with van der Waals surface area (Å²) in [7, 11) is 1.66. The molecule has 1 aromatic rings. The summed E-state index contributed by atoms with van der Waals surface area (Å²) in [4.78, 5) is 0. The smallest absolute Gasteiger partial charge is 0.161 e. The first-order valence-electron chi connectivity index (χ1n) is 4.89. The lowest BCUT2D eigenvalue weighted by atomic mass is 10.1. The minimum absolute atomic E-state index is 0.514. The second-order valence-corrected chi connectivity index (χ2v) is 3.40. The van der Waals surface area contributed by atoms with Gasteiger partial charge in [0, 0.05) is 6.04 Å². The Labute approximate surface area is 84.0 Å². The average molecular weight is 193 g/mol. The standard InChI is InChI=1S/C11H15NO2/c1-13-10-4-2-3-5-11(10)14-8-9-6-7-12-9/h2-5,9,12H,6-8H2,1H3. The maximum absolute atomic E-state index is 5.64. The minimum Gasteiger partial charge on any atom is -0.493 e. The Morgan fingerprint density at radius 2 is 2.07 bits per heavy atom. The number of benzene rings is 1. The second-order valence-electron chi connectivity index (χ2n) is 3.40. The molecule has 14 heavy (non-hydrogen) atoms. The van der Waals surface area contributed by atoms with Crippen molar-refractivity contribution in [3.63, 3.8) is 0 Å². The Kier molecular flexibility index (Phi) is 2.89. The van der Waals surface area contributed by atoms with Crippen molar-refractivity contribution < 1.29 is 9.47 Å². The van der Waals surface area contributed by atoms with Crippen molar-refractivity contribution in [1.82, 2.24) is 5.32 Å². The van der Waals surface area contributed by atoms with E-state index in [1.165, 1.54) is 6.42 Å². The van der Waals surface area contributed by atoms with Crippen LogP contribution in [0.3, 0.4) is 0 Å². The molecule has 0 bridgehead atoms. The molecule has 2 rings (SSSR count). The third-order valence-electron chi connectivity index (χ3n) is 2.43. The van der Waals surface area contributed by atoms with E-state index in [-0.39, 0.29) is 0 Å². The van der Waals surface area contributed by atoms with E-state index in [0.29, 0.717) is 6.04 Å². The summed E-state index contributed by atoms with van der Waals surface area (Å²) >= 11 is 0. The second kappa shape index (κ2) is 4.33. The van der Waals surface area contributed by atoms with Crippen molar-refractivity contribution in [2.75, 3.05) is 20.3 Å². The lowest BCUT2D eigenvalue weighted by Gasteiger charge is -2.27. The molecule has 3 heteroatoms. The van der Waals surface area contributed by atoms with Crippen LogP contribution in [0.5, 0.6) is 11.5 Å². The normalized spacial score (nSPS) is 19.9. The fourth-order valence-corrected chi connectivity index (χ4v) is 1.42. The maximum atomic E-state index is 5.64. The molecule has 1 aliphatic heterocycles. The first-order chi connectivity index (χ1) is 6.90. The number of methoxy groups -OCH3 is 1. The van der Waals surface area contributed by atoms with Crippen LogP contribution in [0.4, 0.5) is 0 Å². The van der Waals surface area contributed by atoms with Gasteiger partial charge in [0.25, 0.3) is 0 Å². The largest absolute Gasteiger partial charge is 0.493 e. The number of ether oxygens (including phenoxy) is 2. The van der Waals surface area contributed by atoms with Gasteiger partial charge in [-0.1, -0.05) is 12.1 Å². The van der Waals surface area contributed by atoms with E-state index < -0.39 is 0 Å². The highest BCUT2D eigenvalue weighted by atomic mass is 16.5. The lowest BCUT2D eigenvalue weighted by Crippen LogP contribution is -2.46. The molecule has 1 heterocycles. The van der Waals surface area contributed by atoms with Gasteiger partial charge in [-0.2, -0.15) is 0 Å². The number of para-hydroxylation sites is 2. The molecule has 0 radical (unpaired) electrons. The Bertz CT molecular complexity index is 297. The third kappa shape index (κ3) is 1.99. The molecule has 0 aromatic heterocycles. The van der Waals surface area contributed by atoms with Gasteiger partial charge in [-0.25, -0.2) is 0 Å². The Morgan fingerprint density at radius 3 is 2.64 bits per heavy atom. The highest BCUT2D eigenvalue weighted by Gasteiger charge is 2.17. The summed E-state index contributed by atoms with van der Waals surface area (Å²) in [6.45, 7) is 1.83. The van der Waals surface area contributed by atoms with Crippen LogP contribution >= 0.6 is 0 Å². The quantitative estimate of drug-likeness (QED) is 0.784. The summed E-state index contributed by atoms with van der Waals surface area (Å²) in [5.74, 6) is 1.62. The number of hydrogen-bond donors (Lipinski definition) is 1. The van der Waals surface area contributed by atoms with Gasteiger partial charge in [0.05, 0.1) is 7.11 Å². The molecule has 1 aliphatic rings. The maximum Gasteiger partial charge on any atom is 0.161 e. The molecule has 3 nitrogen and oxygen atoms in total. The molecule has 0 saturated carbocycles. The first kappa shape index (κ1) is 9.34. The number of nitrogens with one attached hydrogen (secondary N) is 1. The van der Waals surface area contributed by atoms with Gasteiger partial charge in [-0.3, -0.25) is 0 Å². The molecule has 1 aromatic carbocycles. The number of hydrogen-bond acceptors (Lipinski definition) is 3. The van der Waals surface area contributed by atoms with Gasteiger partial charge in [0.1, 0.15) is 6.61 Å². The highest BCUT2D eigenvalue weighted by molar-refractivity contribution is 5.39. The fourth-order valence-electron chi connectivity index (χ4n) is 1.42. The molecule has 1 unspecified atom stereocenters. The van der Waals surface area contributed by atoms with Crippen LogP contribution in [0.1, 0.15) is 6.42 Å². The molecular weight excluding hydrogens is 178 g/mol. The highest BCUT2D eigenvalue weighted by Crippen LogP contribution is 2.26. The molecule has 0 amide bonds. The van der Waals surface area contributed by atoms with E-state index in [1.54, 1.807) is 7.11 Å². The van der Waals surface area contributed by atoms with Crippen LogP contribution in [0.25, 0.3) is 0 Å². The monoisotopic (exact) mass is 193 g/mol. The topological polar surface area (TPSA) is 30.5 Å². The van der Waals surface area contributed by atoms with E-state index in [9.17, 15) is 0 Å². The molecule has 0 spiro atoms. The van der Waals surface area contributed by atoms with Gasteiger partial charge in [0.15, 0.2) is 11.5 Å².